The second kappa shape index (κ2) is 5.98. The first kappa shape index (κ1) is 14.9. The summed E-state index contributed by atoms with van der Waals surface area (Å²) in [4.78, 5) is 14.4. The number of aryl methyl sites for hydroxylation is 1. The van der Waals surface area contributed by atoms with Gasteiger partial charge >= 0.3 is 0 Å². The van der Waals surface area contributed by atoms with E-state index in [4.69, 9.17) is 22.2 Å². The molecule has 0 bridgehead atoms. The van der Waals surface area contributed by atoms with Crippen LogP contribution in [0.4, 0.5) is 11.5 Å². The number of nitrogens with zero attached hydrogens (tertiary/aromatic N) is 4. The zero-order valence-electron chi connectivity index (χ0n) is 13.0. The third kappa shape index (κ3) is 2.93. The largest absolute Gasteiger partial charge is 0.345 e. The maximum atomic E-state index is 5.51. The summed E-state index contributed by atoms with van der Waals surface area (Å²) in [6, 6.07) is 9.88. The molecule has 0 saturated heterocycles. The Morgan fingerprint density at radius 1 is 1.18 bits per heavy atom. The molecule has 2 aromatic rings. The average Bonchev–Trinajstić information content (AvgIpc) is 2.47. The van der Waals surface area contributed by atoms with Crippen LogP contribution < -0.4 is 10.2 Å². The fourth-order valence-corrected chi connectivity index (χ4v) is 2.94. The summed E-state index contributed by atoms with van der Waals surface area (Å²) in [6.07, 6.45) is 0. The van der Waals surface area contributed by atoms with Crippen molar-refractivity contribution in [3.8, 4) is 0 Å². The zero-order valence-corrected chi connectivity index (χ0v) is 13.8. The van der Waals surface area contributed by atoms with Gasteiger partial charge in [0.2, 0.25) is 0 Å². The van der Waals surface area contributed by atoms with E-state index in [1.165, 1.54) is 0 Å². The maximum Gasteiger partial charge on any atom is 0.153 e. The molecule has 0 atom stereocenters. The summed E-state index contributed by atoms with van der Waals surface area (Å²) < 4.78 is 0. The van der Waals surface area contributed by atoms with Crippen LogP contribution in [-0.2, 0) is 6.54 Å². The molecule has 1 aromatic carbocycles. The van der Waals surface area contributed by atoms with Crippen LogP contribution in [0.1, 0.15) is 17.1 Å². The van der Waals surface area contributed by atoms with E-state index < -0.39 is 0 Å². The third-order valence-corrected chi connectivity index (χ3v) is 3.90. The number of hydrogen-bond acceptors (Lipinski definition) is 5. The van der Waals surface area contributed by atoms with Crippen molar-refractivity contribution < 1.29 is 0 Å². The molecular formula is C16H19N5S. The van der Waals surface area contributed by atoms with Gasteiger partial charge in [0.05, 0.1) is 18.1 Å². The van der Waals surface area contributed by atoms with E-state index in [1.54, 1.807) is 0 Å². The number of benzene rings is 1. The zero-order chi connectivity index (χ0) is 15.7. The van der Waals surface area contributed by atoms with E-state index in [0.717, 1.165) is 41.8 Å². The molecule has 0 fully saturated rings. The van der Waals surface area contributed by atoms with Crippen molar-refractivity contribution in [3.63, 3.8) is 0 Å². The Bertz CT molecular complexity index is 701. The average molecular weight is 313 g/mol. The molecule has 0 spiro atoms. The molecule has 0 amide bonds. The van der Waals surface area contributed by atoms with Crippen LogP contribution in [0.2, 0.25) is 0 Å². The van der Waals surface area contributed by atoms with Gasteiger partial charge in [0.25, 0.3) is 0 Å². The maximum absolute atomic E-state index is 5.51. The van der Waals surface area contributed by atoms with E-state index >= 15 is 0 Å². The first-order valence-electron chi connectivity index (χ1n) is 7.18. The first-order valence-corrected chi connectivity index (χ1v) is 7.59. The molecule has 22 heavy (non-hydrogen) atoms. The second-order valence-corrected chi connectivity index (χ2v) is 6.01. The molecule has 1 N–H and O–H groups in total. The number of aromatic nitrogens is 2. The van der Waals surface area contributed by atoms with Crippen LogP contribution in [0.3, 0.4) is 0 Å². The molecule has 0 saturated carbocycles. The SMILES string of the molecule is Cc1nc2c(nc1C(=S)Nc1ccccc1)N(C)CN(C)C2. The molecule has 0 radical (unpaired) electrons. The van der Waals surface area contributed by atoms with Crippen LogP contribution in [0, 0.1) is 6.92 Å². The van der Waals surface area contributed by atoms with Crippen LogP contribution >= 0.6 is 12.2 Å². The van der Waals surface area contributed by atoms with Crippen molar-refractivity contribution in [3.05, 3.63) is 47.4 Å². The normalized spacial score (nSPS) is 14.6. The molecule has 2 heterocycles. The van der Waals surface area contributed by atoms with E-state index in [-0.39, 0.29) is 0 Å². The number of thiocarbonyl (C=S) groups is 1. The Hall–Kier alpha value is -2.05. The minimum absolute atomic E-state index is 0.603. The summed E-state index contributed by atoms with van der Waals surface area (Å²) in [5.74, 6) is 0.913. The second-order valence-electron chi connectivity index (χ2n) is 5.60. The topological polar surface area (TPSA) is 44.3 Å². The summed E-state index contributed by atoms with van der Waals surface area (Å²) in [6.45, 7) is 3.60. The molecule has 1 aromatic heterocycles. The number of hydrogen-bond donors (Lipinski definition) is 1. The Morgan fingerprint density at radius 3 is 2.64 bits per heavy atom. The Morgan fingerprint density at radius 2 is 1.91 bits per heavy atom. The predicted molar refractivity (Wildman–Crippen MR) is 93.3 cm³/mol. The smallest absolute Gasteiger partial charge is 0.153 e. The van der Waals surface area contributed by atoms with Crippen molar-refractivity contribution >= 4 is 28.7 Å². The number of nitrogens with one attached hydrogen (secondary N) is 1. The lowest BCUT2D eigenvalue weighted by molar-refractivity contribution is 0.308. The number of fused-ring (bicyclic) bond motifs is 1. The molecule has 3 rings (SSSR count). The fraction of sp³-hybridized carbons (Fsp3) is 0.312. The van der Waals surface area contributed by atoms with Gasteiger partial charge in [-0.2, -0.15) is 0 Å². The van der Waals surface area contributed by atoms with Crippen LogP contribution in [0.25, 0.3) is 0 Å². The Kier molecular flexibility index (Phi) is 4.04. The molecule has 1 aliphatic rings. The Labute approximate surface area is 136 Å². The van der Waals surface area contributed by atoms with E-state index in [0.29, 0.717) is 4.99 Å². The molecule has 6 heteroatoms. The quantitative estimate of drug-likeness (QED) is 0.859. The van der Waals surface area contributed by atoms with Gasteiger partial charge in [-0.1, -0.05) is 30.4 Å². The van der Waals surface area contributed by atoms with E-state index in [1.807, 2.05) is 44.3 Å². The van der Waals surface area contributed by atoms with Crippen LogP contribution in [0.15, 0.2) is 30.3 Å². The third-order valence-electron chi connectivity index (χ3n) is 3.60. The fourth-order valence-electron chi connectivity index (χ4n) is 2.63. The van der Waals surface area contributed by atoms with Crippen molar-refractivity contribution in [2.24, 2.45) is 0 Å². The Balaban J connectivity index is 1.91. The highest BCUT2D eigenvalue weighted by molar-refractivity contribution is 7.81. The lowest BCUT2D eigenvalue weighted by atomic mass is 10.2. The summed E-state index contributed by atoms with van der Waals surface area (Å²) in [7, 11) is 4.10. The minimum Gasteiger partial charge on any atom is -0.345 e. The van der Waals surface area contributed by atoms with Gasteiger partial charge in [-0.25, -0.2) is 4.98 Å². The molecule has 114 valence electrons. The number of rotatable bonds is 2. The van der Waals surface area contributed by atoms with Gasteiger partial charge in [-0.3, -0.25) is 9.88 Å². The predicted octanol–water partition coefficient (Wildman–Crippen LogP) is 2.41. The summed E-state index contributed by atoms with van der Waals surface area (Å²) in [5.41, 5.74) is 3.56. The highest BCUT2D eigenvalue weighted by atomic mass is 32.1. The molecule has 1 aliphatic heterocycles. The molecular weight excluding hydrogens is 294 g/mol. The summed E-state index contributed by atoms with van der Waals surface area (Å²) in [5, 5.41) is 3.23. The number of anilines is 2. The van der Waals surface area contributed by atoms with E-state index in [9.17, 15) is 0 Å². The van der Waals surface area contributed by atoms with Gasteiger partial charge in [0.1, 0.15) is 10.7 Å². The van der Waals surface area contributed by atoms with E-state index in [2.05, 4.69) is 22.2 Å². The highest BCUT2D eigenvalue weighted by Crippen LogP contribution is 2.23. The van der Waals surface area contributed by atoms with Gasteiger partial charge in [-0.05, 0) is 26.1 Å². The number of para-hydroxylation sites is 1. The lowest BCUT2D eigenvalue weighted by Gasteiger charge is -2.32. The van der Waals surface area contributed by atoms with Gasteiger partial charge in [-0.15, -0.1) is 0 Å². The lowest BCUT2D eigenvalue weighted by Crippen LogP contribution is -2.39. The van der Waals surface area contributed by atoms with Crippen molar-refractivity contribution in [2.45, 2.75) is 13.5 Å². The summed E-state index contributed by atoms with van der Waals surface area (Å²) >= 11 is 5.51. The van der Waals surface area contributed by atoms with Gasteiger partial charge in [0.15, 0.2) is 5.82 Å². The van der Waals surface area contributed by atoms with Crippen LogP contribution in [-0.4, -0.2) is 40.6 Å². The first-order chi connectivity index (χ1) is 10.5. The van der Waals surface area contributed by atoms with Gasteiger partial charge in [0, 0.05) is 19.3 Å². The van der Waals surface area contributed by atoms with Gasteiger partial charge < -0.3 is 10.2 Å². The molecule has 0 unspecified atom stereocenters. The van der Waals surface area contributed by atoms with Crippen LogP contribution in [0.5, 0.6) is 0 Å². The van der Waals surface area contributed by atoms with Crippen molar-refractivity contribution in [1.82, 2.24) is 14.9 Å². The molecule has 5 nitrogen and oxygen atoms in total. The van der Waals surface area contributed by atoms with Crippen molar-refractivity contribution in [2.75, 3.05) is 31.0 Å². The standard InChI is InChI=1S/C16H19N5S/c1-11-14(16(22)18-12-7-5-4-6-8-12)19-15-13(17-11)9-20(2)10-21(15)3/h4-8H,9-10H2,1-3H3,(H,18,22). The minimum atomic E-state index is 0.603. The van der Waals surface area contributed by atoms with Crippen molar-refractivity contribution in [1.29, 1.82) is 0 Å². The molecule has 0 aliphatic carbocycles. The monoisotopic (exact) mass is 313 g/mol. The highest BCUT2D eigenvalue weighted by Gasteiger charge is 2.22.